The number of carbonyl (C=O) groups excluding carboxylic acids is 1. The van der Waals surface area contributed by atoms with Gasteiger partial charge < -0.3 is 24.4 Å². The number of benzene rings is 1. The lowest BCUT2D eigenvalue weighted by molar-refractivity contribution is 0.0308. The van der Waals surface area contributed by atoms with Crippen molar-refractivity contribution in [3.8, 4) is 17.2 Å². The highest BCUT2D eigenvalue weighted by atomic mass is 16.5. The van der Waals surface area contributed by atoms with Crippen LogP contribution in [0.4, 0.5) is 0 Å². The number of allylic oxidation sites excluding steroid dienone is 4. The van der Waals surface area contributed by atoms with Crippen molar-refractivity contribution in [1.82, 2.24) is 0 Å². The van der Waals surface area contributed by atoms with Crippen molar-refractivity contribution in [3.05, 3.63) is 65.0 Å². The molecule has 2 aliphatic rings. The first-order valence-electron chi connectivity index (χ1n) is 11.2. The SMILES string of the molecule is C=C(C)C(CC=C(C)C)Cc1c(O)cc(OC)c2c1O[C@H](C1C=CC(O)=CC1OC)CC2=O. The monoisotopic (exact) mass is 454 g/mol. The number of carbonyl (C=O) groups is 1. The zero-order chi connectivity index (χ0) is 24.3. The Morgan fingerprint density at radius 1 is 1.30 bits per heavy atom. The van der Waals surface area contributed by atoms with E-state index in [4.69, 9.17) is 14.2 Å². The van der Waals surface area contributed by atoms with Crippen molar-refractivity contribution in [3.63, 3.8) is 0 Å². The molecule has 1 aromatic carbocycles. The van der Waals surface area contributed by atoms with Crippen LogP contribution in [-0.2, 0) is 11.2 Å². The summed E-state index contributed by atoms with van der Waals surface area (Å²) in [4.78, 5) is 13.3. The summed E-state index contributed by atoms with van der Waals surface area (Å²) in [5.74, 6) is 0.490. The van der Waals surface area contributed by atoms with Crippen molar-refractivity contribution in [2.45, 2.75) is 52.2 Å². The average molecular weight is 455 g/mol. The van der Waals surface area contributed by atoms with Crippen LogP contribution in [0.3, 0.4) is 0 Å². The van der Waals surface area contributed by atoms with E-state index < -0.39 is 12.2 Å². The highest BCUT2D eigenvalue weighted by Gasteiger charge is 2.39. The lowest BCUT2D eigenvalue weighted by Gasteiger charge is -2.36. The van der Waals surface area contributed by atoms with Gasteiger partial charge in [-0.1, -0.05) is 29.9 Å². The van der Waals surface area contributed by atoms with Crippen molar-refractivity contribution >= 4 is 5.78 Å². The molecule has 1 aliphatic heterocycles. The fraction of sp³-hybridized carbons (Fsp3) is 0.444. The zero-order valence-corrected chi connectivity index (χ0v) is 20.1. The normalized spacial score (nSPS) is 22.6. The van der Waals surface area contributed by atoms with Crippen LogP contribution in [0.25, 0.3) is 0 Å². The number of phenols is 1. The fourth-order valence-corrected chi connectivity index (χ4v) is 4.41. The third-order valence-electron chi connectivity index (χ3n) is 6.34. The van der Waals surface area contributed by atoms with Gasteiger partial charge in [-0.05, 0) is 51.7 Å². The van der Waals surface area contributed by atoms with Gasteiger partial charge in [0.1, 0.15) is 34.7 Å². The smallest absolute Gasteiger partial charge is 0.174 e. The summed E-state index contributed by atoms with van der Waals surface area (Å²) < 4.78 is 17.4. The number of fused-ring (bicyclic) bond motifs is 1. The number of hydrogen-bond acceptors (Lipinski definition) is 6. The Bertz CT molecular complexity index is 1010. The van der Waals surface area contributed by atoms with Crippen molar-refractivity contribution in [1.29, 1.82) is 0 Å². The topological polar surface area (TPSA) is 85.2 Å². The van der Waals surface area contributed by atoms with E-state index in [1.807, 2.05) is 20.8 Å². The Morgan fingerprint density at radius 3 is 2.64 bits per heavy atom. The van der Waals surface area contributed by atoms with Gasteiger partial charge in [0.05, 0.1) is 13.2 Å². The standard InChI is InChI=1S/C27H34O6/c1-15(2)7-8-17(16(3)4)11-20-21(29)13-25(32-6)26-22(30)14-24(33-27(20)26)19-10-9-18(28)12-23(19)31-5/h7,9-10,12-13,17,19,23-24,28-29H,3,8,11,14H2,1-2,4-6H3/t17?,19?,23?,24-/m0/s1. The molecule has 1 aliphatic carbocycles. The molecular formula is C27H34O6. The molecule has 3 unspecified atom stereocenters. The minimum atomic E-state index is -0.512. The fourth-order valence-electron chi connectivity index (χ4n) is 4.41. The molecule has 4 atom stereocenters. The first-order valence-corrected chi connectivity index (χ1v) is 11.2. The number of hydrogen-bond donors (Lipinski definition) is 2. The maximum Gasteiger partial charge on any atom is 0.174 e. The second-order valence-corrected chi connectivity index (χ2v) is 9.06. The lowest BCUT2D eigenvalue weighted by atomic mass is 9.83. The second kappa shape index (κ2) is 10.3. The largest absolute Gasteiger partial charge is 0.508 e. The van der Waals surface area contributed by atoms with E-state index in [1.165, 1.54) is 18.7 Å². The molecule has 1 aromatic rings. The molecule has 6 nitrogen and oxygen atoms in total. The van der Waals surface area contributed by atoms with E-state index in [-0.39, 0.29) is 35.5 Å². The van der Waals surface area contributed by atoms with Gasteiger partial charge in [0, 0.05) is 31.1 Å². The predicted molar refractivity (Wildman–Crippen MR) is 128 cm³/mol. The Morgan fingerprint density at radius 2 is 2.03 bits per heavy atom. The Balaban J connectivity index is 2.04. The van der Waals surface area contributed by atoms with Crippen molar-refractivity contribution in [2.24, 2.45) is 11.8 Å². The van der Waals surface area contributed by atoms with Gasteiger partial charge in [0.15, 0.2) is 5.78 Å². The number of aromatic hydroxyl groups is 1. The zero-order valence-electron chi connectivity index (χ0n) is 20.1. The minimum Gasteiger partial charge on any atom is -0.508 e. The van der Waals surface area contributed by atoms with Gasteiger partial charge in [-0.3, -0.25) is 4.79 Å². The van der Waals surface area contributed by atoms with Gasteiger partial charge in [-0.25, -0.2) is 0 Å². The second-order valence-electron chi connectivity index (χ2n) is 9.06. The first-order chi connectivity index (χ1) is 15.7. The molecule has 0 bridgehead atoms. The highest BCUT2D eigenvalue weighted by molar-refractivity contribution is 6.03. The molecule has 0 radical (unpaired) electrons. The van der Waals surface area contributed by atoms with Gasteiger partial charge in [-0.15, -0.1) is 0 Å². The molecule has 33 heavy (non-hydrogen) atoms. The molecule has 0 amide bonds. The molecule has 0 fully saturated rings. The Labute approximate surface area is 195 Å². The van der Waals surface area contributed by atoms with E-state index in [2.05, 4.69) is 12.7 Å². The van der Waals surface area contributed by atoms with Crippen LogP contribution in [0, 0.1) is 11.8 Å². The van der Waals surface area contributed by atoms with Gasteiger partial charge in [0.25, 0.3) is 0 Å². The highest BCUT2D eigenvalue weighted by Crippen LogP contribution is 2.46. The summed E-state index contributed by atoms with van der Waals surface area (Å²) in [5.41, 5.74) is 3.13. The van der Waals surface area contributed by atoms with Crippen LogP contribution >= 0.6 is 0 Å². The van der Waals surface area contributed by atoms with Crippen LogP contribution < -0.4 is 9.47 Å². The summed E-state index contributed by atoms with van der Waals surface area (Å²) in [6.45, 7) is 10.2. The number of ketones is 1. The molecule has 1 heterocycles. The molecule has 0 saturated heterocycles. The number of aliphatic hydroxyl groups is 1. The number of ether oxygens (including phenoxy) is 3. The van der Waals surface area contributed by atoms with Crippen LogP contribution in [0.2, 0.25) is 0 Å². The molecule has 0 spiro atoms. The lowest BCUT2D eigenvalue weighted by Crippen LogP contribution is -2.40. The maximum atomic E-state index is 13.3. The van der Waals surface area contributed by atoms with Crippen molar-refractivity contribution in [2.75, 3.05) is 14.2 Å². The summed E-state index contributed by atoms with van der Waals surface area (Å²) >= 11 is 0. The first kappa shape index (κ1) is 24.6. The van der Waals surface area contributed by atoms with Crippen molar-refractivity contribution < 1.29 is 29.2 Å². The third kappa shape index (κ3) is 5.33. The van der Waals surface area contributed by atoms with Gasteiger partial charge in [-0.2, -0.15) is 0 Å². The van der Waals surface area contributed by atoms with E-state index in [0.717, 1.165) is 12.0 Å². The molecule has 3 rings (SSSR count). The van der Waals surface area contributed by atoms with Gasteiger partial charge >= 0.3 is 0 Å². The number of Topliss-reactive ketones (excluding diaryl/α,β-unsaturated/α-hetero) is 1. The molecule has 2 N–H and O–H groups in total. The molecule has 0 aromatic heterocycles. The summed E-state index contributed by atoms with van der Waals surface area (Å²) in [5, 5.41) is 20.8. The van der Waals surface area contributed by atoms with E-state index >= 15 is 0 Å². The van der Waals surface area contributed by atoms with Crippen LogP contribution in [0.1, 0.15) is 49.5 Å². The number of phenolic OH excluding ortho intramolecular Hbond substituents is 1. The summed E-state index contributed by atoms with van der Waals surface area (Å²) in [7, 11) is 3.03. The average Bonchev–Trinajstić information content (AvgIpc) is 2.76. The van der Waals surface area contributed by atoms with E-state index in [9.17, 15) is 15.0 Å². The Hall–Kier alpha value is -2.99. The minimum absolute atomic E-state index is 0.0301. The molecule has 178 valence electrons. The van der Waals surface area contributed by atoms with Crippen LogP contribution in [-0.4, -0.2) is 42.4 Å². The Kier molecular flexibility index (Phi) is 7.69. The predicted octanol–water partition coefficient (Wildman–Crippen LogP) is 5.47. The third-order valence-corrected chi connectivity index (χ3v) is 6.34. The van der Waals surface area contributed by atoms with E-state index in [1.54, 1.807) is 25.3 Å². The summed E-state index contributed by atoms with van der Waals surface area (Å²) in [6.07, 6.45) is 7.59. The van der Waals surface area contributed by atoms with Crippen LogP contribution in [0.5, 0.6) is 17.2 Å². The molecule has 6 heteroatoms. The quantitative estimate of drug-likeness (QED) is 0.507. The summed E-state index contributed by atoms with van der Waals surface area (Å²) in [6, 6.07) is 1.49. The number of rotatable bonds is 8. The molecule has 0 saturated carbocycles. The van der Waals surface area contributed by atoms with Gasteiger partial charge in [0.2, 0.25) is 0 Å². The van der Waals surface area contributed by atoms with Crippen LogP contribution in [0.15, 0.2) is 53.9 Å². The number of aliphatic hydroxyl groups excluding tert-OH is 1. The maximum absolute atomic E-state index is 13.3. The number of methoxy groups -OCH3 is 2. The van der Waals surface area contributed by atoms with E-state index in [0.29, 0.717) is 29.0 Å². The molecular weight excluding hydrogens is 420 g/mol.